The van der Waals surface area contributed by atoms with Gasteiger partial charge in [-0.15, -0.1) is 11.3 Å². The van der Waals surface area contributed by atoms with Gasteiger partial charge in [0.2, 0.25) is 5.91 Å². The third-order valence-corrected chi connectivity index (χ3v) is 4.99. The summed E-state index contributed by atoms with van der Waals surface area (Å²) in [6.07, 6.45) is 1.22. The lowest BCUT2D eigenvalue weighted by Crippen LogP contribution is -2.27. The van der Waals surface area contributed by atoms with E-state index in [1.54, 1.807) is 11.3 Å². The van der Waals surface area contributed by atoms with Crippen LogP contribution in [0.1, 0.15) is 34.2 Å². The molecule has 0 spiro atoms. The van der Waals surface area contributed by atoms with Crippen molar-refractivity contribution in [2.24, 2.45) is 0 Å². The highest BCUT2D eigenvalue weighted by atomic mass is 32.1. The number of nitrogens with zero attached hydrogens (tertiary/aromatic N) is 1. The smallest absolute Gasteiger partial charge is 0.220 e. The average molecular weight is 350 g/mol. The molecule has 3 aromatic rings. The number of aryl methyl sites for hydroxylation is 1. The molecule has 3 rings (SSSR count). The second kappa shape index (κ2) is 8.58. The maximum atomic E-state index is 12.5. The maximum Gasteiger partial charge on any atom is 0.220 e. The van der Waals surface area contributed by atoms with E-state index in [2.05, 4.69) is 39.9 Å². The zero-order chi connectivity index (χ0) is 17.5. The Kier molecular flexibility index (Phi) is 5.96. The van der Waals surface area contributed by atoms with E-state index in [-0.39, 0.29) is 11.8 Å². The normalized spacial score (nSPS) is 10.8. The lowest BCUT2D eigenvalue weighted by Gasteiger charge is -2.17. The maximum absolute atomic E-state index is 12.5. The number of aromatic nitrogens is 1. The molecule has 4 heteroatoms. The Balaban J connectivity index is 1.62. The highest BCUT2D eigenvalue weighted by Crippen LogP contribution is 2.27. The van der Waals surface area contributed by atoms with Crippen LogP contribution in [0.4, 0.5) is 0 Å². The van der Waals surface area contributed by atoms with Crippen LogP contribution in [0.3, 0.4) is 0 Å². The van der Waals surface area contributed by atoms with Crippen molar-refractivity contribution >= 4 is 17.2 Å². The van der Waals surface area contributed by atoms with Crippen molar-refractivity contribution in [1.82, 2.24) is 10.3 Å². The van der Waals surface area contributed by atoms with Gasteiger partial charge in [0.1, 0.15) is 0 Å². The zero-order valence-corrected chi connectivity index (χ0v) is 15.1. The number of thiazole rings is 1. The summed E-state index contributed by atoms with van der Waals surface area (Å²) in [4.78, 5) is 16.9. The third kappa shape index (κ3) is 5.00. The van der Waals surface area contributed by atoms with Gasteiger partial charge in [-0.2, -0.15) is 0 Å². The average Bonchev–Trinajstić information content (AvgIpc) is 3.06. The molecular weight excluding hydrogens is 328 g/mol. The Morgan fingerprint density at radius 1 is 1.04 bits per heavy atom. The van der Waals surface area contributed by atoms with Crippen LogP contribution < -0.4 is 5.32 Å². The number of hydrogen-bond acceptors (Lipinski definition) is 3. The molecule has 0 unspecified atom stereocenters. The number of nitrogens with one attached hydrogen (secondary N) is 1. The Hall–Kier alpha value is -2.46. The minimum Gasteiger partial charge on any atom is -0.356 e. The van der Waals surface area contributed by atoms with E-state index in [1.165, 1.54) is 11.1 Å². The van der Waals surface area contributed by atoms with Gasteiger partial charge < -0.3 is 5.32 Å². The van der Waals surface area contributed by atoms with E-state index in [9.17, 15) is 4.79 Å². The largest absolute Gasteiger partial charge is 0.356 e. The fraction of sp³-hybridized carbons (Fsp3) is 0.238. The Morgan fingerprint density at radius 3 is 2.16 bits per heavy atom. The summed E-state index contributed by atoms with van der Waals surface area (Å²) < 4.78 is 0. The standard InChI is InChI=1S/C21H22N2OS/c1-16-23-19(15-25-16)12-13-22-21(24)14-20(17-8-4-2-5-9-17)18-10-6-3-7-11-18/h2-11,15,20H,12-14H2,1H3,(H,22,24). The van der Waals surface area contributed by atoms with Crippen LogP contribution in [0.15, 0.2) is 66.0 Å². The number of carbonyl (C=O) groups is 1. The van der Waals surface area contributed by atoms with Gasteiger partial charge in [0.05, 0.1) is 10.7 Å². The summed E-state index contributed by atoms with van der Waals surface area (Å²) in [5.41, 5.74) is 3.38. The molecule has 0 radical (unpaired) electrons. The second-order valence-electron chi connectivity index (χ2n) is 6.04. The highest BCUT2D eigenvalue weighted by Gasteiger charge is 2.17. The van der Waals surface area contributed by atoms with E-state index in [0.29, 0.717) is 13.0 Å². The SMILES string of the molecule is Cc1nc(CCNC(=O)CC(c2ccccc2)c2ccccc2)cs1. The molecule has 0 atom stereocenters. The molecule has 0 saturated carbocycles. The van der Waals surface area contributed by atoms with Crippen LogP contribution in [0, 0.1) is 6.92 Å². The van der Waals surface area contributed by atoms with Crippen molar-refractivity contribution in [2.45, 2.75) is 25.7 Å². The van der Waals surface area contributed by atoms with E-state index < -0.39 is 0 Å². The summed E-state index contributed by atoms with van der Waals surface area (Å²) in [7, 11) is 0. The van der Waals surface area contributed by atoms with E-state index in [1.807, 2.05) is 43.3 Å². The molecule has 1 N–H and O–H groups in total. The molecule has 0 aliphatic rings. The van der Waals surface area contributed by atoms with Gasteiger partial charge in [0, 0.05) is 30.7 Å². The first-order valence-corrected chi connectivity index (χ1v) is 9.38. The molecule has 2 aromatic carbocycles. The van der Waals surface area contributed by atoms with Gasteiger partial charge in [-0.1, -0.05) is 60.7 Å². The lowest BCUT2D eigenvalue weighted by atomic mass is 9.88. The Labute approximate surface area is 152 Å². The van der Waals surface area contributed by atoms with E-state index in [4.69, 9.17) is 0 Å². The topological polar surface area (TPSA) is 42.0 Å². The first-order chi connectivity index (χ1) is 12.2. The number of carbonyl (C=O) groups excluding carboxylic acids is 1. The van der Waals surface area contributed by atoms with E-state index in [0.717, 1.165) is 17.1 Å². The van der Waals surface area contributed by atoms with Crippen molar-refractivity contribution in [3.05, 3.63) is 87.9 Å². The molecule has 0 aliphatic heterocycles. The molecular formula is C21H22N2OS. The number of amides is 1. The summed E-state index contributed by atoms with van der Waals surface area (Å²) >= 11 is 1.64. The first kappa shape index (κ1) is 17.4. The Morgan fingerprint density at radius 2 is 1.64 bits per heavy atom. The number of rotatable bonds is 7. The molecule has 0 fully saturated rings. The number of benzene rings is 2. The molecule has 128 valence electrons. The second-order valence-corrected chi connectivity index (χ2v) is 7.10. The minimum absolute atomic E-state index is 0.0731. The van der Waals surface area contributed by atoms with Gasteiger partial charge in [-0.25, -0.2) is 4.98 Å². The monoisotopic (exact) mass is 350 g/mol. The van der Waals surface area contributed by atoms with Crippen LogP contribution in [-0.4, -0.2) is 17.4 Å². The van der Waals surface area contributed by atoms with Crippen molar-refractivity contribution in [3.63, 3.8) is 0 Å². The summed E-state index contributed by atoms with van der Waals surface area (Å²) in [5, 5.41) is 6.15. The van der Waals surface area contributed by atoms with Crippen LogP contribution in [0.2, 0.25) is 0 Å². The quantitative estimate of drug-likeness (QED) is 0.689. The van der Waals surface area contributed by atoms with Crippen LogP contribution >= 0.6 is 11.3 Å². The minimum atomic E-state index is 0.0731. The molecule has 1 amide bonds. The fourth-order valence-electron chi connectivity index (χ4n) is 2.91. The summed E-state index contributed by atoms with van der Waals surface area (Å²) in [6.45, 7) is 2.62. The molecule has 3 nitrogen and oxygen atoms in total. The number of hydrogen-bond donors (Lipinski definition) is 1. The van der Waals surface area contributed by atoms with Crippen molar-refractivity contribution in [2.75, 3.05) is 6.54 Å². The first-order valence-electron chi connectivity index (χ1n) is 8.50. The summed E-state index contributed by atoms with van der Waals surface area (Å²) in [6, 6.07) is 20.4. The lowest BCUT2D eigenvalue weighted by molar-refractivity contribution is -0.121. The van der Waals surface area contributed by atoms with Crippen molar-refractivity contribution in [3.8, 4) is 0 Å². The summed E-state index contributed by atoms with van der Waals surface area (Å²) in [5.74, 6) is 0.147. The third-order valence-electron chi connectivity index (χ3n) is 4.16. The molecule has 0 aliphatic carbocycles. The molecule has 0 bridgehead atoms. The molecule has 25 heavy (non-hydrogen) atoms. The van der Waals surface area contributed by atoms with E-state index >= 15 is 0 Å². The van der Waals surface area contributed by atoms with Gasteiger partial charge in [-0.3, -0.25) is 4.79 Å². The highest BCUT2D eigenvalue weighted by molar-refractivity contribution is 7.09. The van der Waals surface area contributed by atoms with Crippen molar-refractivity contribution in [1.29, 1.82) is 0 Å². The predicted octanol–water partition coefficient (Wildman–Crippen LogP) is 4.33. The van der Waals surface area contributed by atoms with Gasteiger partial charge >= 0.3 is 0 Å². The molecule has 0 saturated heterocycles. The molecule has 1 heterocycles. The molecule has 1 aromatic heterocycles. The zero-order valence-electron chi connectivity index (χ0n) is 14.3. The fourth-order valence-corrected chi connectivity index (χ4v) is 3.56. The van der Waals surface area contributed by atoms with Gasteiger partial charge in [0.25, 0.3) is 0 Å². The van der Waals surface area contributed by atoms with Crippen LogP contribution in [0.5, 0.6) is 0 Å². The van der Waals surface area contributed by atoms with Gasteiger partial charge in [-0.05, 0) is 18.1 Å². The van der Waals surface area contributed by atoms with Crippen LogP contribution in [-0.2, 0) is 11.2 Å². The Bertz CT molecular complexity index is 760. The van der Waals surface area contributed by atoms with Gasteiger partial charge in [0.15, 0.2) is 0 Å². The van der Waals surface area contributed by atoms with Crippen molar-refractivity contribution < 1.29 is 4.79 Å². The van der Waals surface area contributed by atoms with Crippen LogP contribution in [0.25, 0.3) is 0 Å². The predicted molar refractivity (Wildman–Crippen MR) is 103 cm³/mol.